The van der Waals surface area contributed by atoms with E-state index in [0.29, 0.717) is 5.92 Å². The lowest BCUT2D eigenvalue weighted by Gasteiger charge is -2.32. The second kappa shape index (κ2) is 6.90. The smallest absolute Gasteiger partial charge is 0.0492 e. The highest BCUT2D eigenvalue weighted by Crippen LogP contribution is 2.27. The zero-order valence-electron chi connectivity index (χ0n) is 12.9. The Balaban J connectivity index is 1.41. The lowest BCUT2D eigenvalue weighted by molar-refractivity contribution is 0.207. The van der Waals surface area contributed by atoms with E-state index in [1.165, 1.54) is 56.6 Å². The minimum atomic E-state index is 0.697. The molecule has 1 aromatic heterocycles. The Labute approximate surface area is 127 Å². The maximum Gasteiger partial charge on any atom is 0.0492 e. The van der Waals surface area contributed by atoms with Crippen molar-refractivity contribution in [3.05, 3.63) is 53.9 Å². The first-order chi connectivity index (χ1) is 10.3. The Morgan fingerprint density at radius 2 is 1.86 bits per heavy atom. The van der Waals surface area contributed by atoms with Crippen LogP contribution in [0.1, 0.15) is 36.4 Å². The highest BCUT2D eigenvalue weighted by atomic mass is 15.3. The van der Waals surface area contributed by atoms with Crippen molar-refractivity contribution in [3.63, 3.8) is 0 Å². The molecule has 3 rings (SSSR count). The molecule has 1 aliphatic rings. The standard InChI is InChI=1S/C18H25N3/c1-20-18(9-12-19-20)17-10-14-21(15-11-17)13-5-8-16-6-3-2-4-7-16/h2-4,6-7,9,12,17H,5,8,10-11,13-15H2,1H3. The van der Waals surface area contributed by atoms with Crippen LogP contribution in [0.5, 0.6) is 0 Å². The van der Waals surface area contributed by atoms with E-state index in [9.17, 15) is 0 Å². The van der Waals surface area contributed by atoms with Gasteiger partial charge < -0.3 is 4.90 Å². The molecule has 112 valence electrons. The molecule has 0 bridgehead atoms. The zero-order chi connectivity index (χ0) is 14.5. The van der Waals surface area contributed by atoms with E-state index in [1.54, 1.807) is 0 Å². The largest absolute Gasteiger partial charge is 0.303 e. The summed E-state index contributed by atoms with van der Waals surface area (Å²) in [5.41, 5.74) is 2.86. The van der Waals surface area contributed by atoms with Crippen LogP contribution in [-0.4, -0.2) is 34.3 Å². The van der Waals surface area contributed by atoms with E-state index in [1.807, 2.05) is 10.9 Å². The van der Waals surface area contributed by atoms with Crippen molar-refractivity contribution in [2.75, 3.05) is 19.6 Å². The van der Waals surface area contributed by atoms with E-state index in [0.717, 1.165) is 0 Å². The lowest BCUT2D eigenvalue weighted by atomic mass is 9.93. The molecule has 0 unspecified atom stereocenters. The maximum atomic E-state index is 4.30. The molecule has 3 heteroatoms. The topological polar surface area (TPSA) is 21.1 Å². The molecule has 2 aromatic rings. The van der Waals surface area contributed by atoms with Gasteiger partial charge in [0.2, 0.25) is 0 Å². The summed E-state index contributed by atoms with van der Waals surface area (Å²) in [5.74, 6) is 0.697. The Hall–Kier alpha value is -1.61. The summed E-state index contributed by atoms with van der Waals surface area (Å²) in [5, 5.41) is 4.30. The third kappa shape index (κ3) is 3.73. The van der Waals surface area contributed by atoms with Crippen LogP contribution in [0.4, 0.5) is 0 Å². The van der Waals surface area contributed by atoms with E-state index in [4.69, 9.17) is 0 Å². The van der Waals surface area contributed by atoms with Crippen molar-refractivity contribution in [1.29, 1.82) is 0 Å². The van der Waals surface area contributed by atoms with Gasteiger partial charge >= 0.3 is 0 Å². The van der Waals surface area contributed by atoms with Crippen molar-refractivity contribution < 1.29 is 0 Å². The SMILES string of the molecule is Cn1nccc1C1CCN(CCCc2ccccc2)CC1. The number of likely N-dealkylation sites (tertiary alicyclic amines) is 1. The first-order valence-electron chi connectivity index (χ1n) is 8.07. The highest BCUT2D eigenvalue weighted by Gasteiger charge is 2.22. The van der Waals surface area contributed by atoms with Crippen molar-refractivity contribution >= 4 is 0 Å². The van der Waals surface area contributed by atoms with Crippen LogP contribution in [0.2, 0.25) is 0 Å². The summed E-state index contributed by atoms with van der Waals surface area (Å²) in [6.07, 6.45) is 6.92. The van der Waals surface area contributed by atoms with Gasteiger partial charge in [-0.15, -0.1) is 0 Å². The molecule has 0 N–H and O–H groups in total. The average Bonchev–Trinajstić information content (AvgIpc) is 2.95. The molecule has 1 aliphatic heterocycles. The van der Waals surface area contributed by atoms with Crippen LogP contribution < -0.4 is 0 Å². The van der Waals surface area contributed by atoms with Gasteiger partial charge in [-0.05, 0) is 56.9 Å². The third-order valence-corrected chi connectivity index (χ3v) is 4.65. The second-order valence-electron chi connectivity index (χ2n) is 6.08. The number of rotatable bonds is 5. The number of benzene rings is 1. The normalized spacial score (nSPS) is 17.2. The molecule has 21 heavy (non-hydrogen) atoms. The molecule has 1 fully saturated rings. The monoisotopic (exact) mass is 283 g/mol. The number of nitrogens with zero attached hydrogens (tertiary/aromatic N) is 3. The van der Waals surface area contributed by atoms with Gasteiger partial charge in [0, 0.05) is 24.9 Å². The quantitative estimate of drug-likeness (QED) is 0.840. The molecular weight excluding hydrogens is 258 g/mol. The fraction of sp³-hybridized carbons (Fsp3) is 0.500. The minimum Gasteiger partial charge on any atom is -0.303 e. The Morgan fingerprint density at radius 1 is 1.10 bits per heavy atom. The molecule has 2 heterocycles. The third-order valence-electron chi connectivity index (χ3n) is 4.65. The summed E-state index contributed by atoms with van der Waals surface area (Å²) in [6, 6.07) is 13.0. The predicted octanol–water partition coefficient (Wildman–Crippen LogP) is 3.23. The van der Waals surface area contributed by atoms with E-state index in [-0.39, 0.29) is 0 Å². The van der Waals surface area contributed by atoms with Crippen molar-refractivity contribution in [2.45, 2.75) is 31.6 Å². The van der Waals surface area contributed by atoms with Gasteiger partial charge in [-0.25, -0.2) is 0 Å². The van der Waals surface area contributed by atoms with Crippen LogP contribution in [0.3, 0.4) is 0 Å². The maximum absolute atomic E-state index is 4.30. The summed E-state index contributed by atoms with van der Waals surface area (Å²) in [7, 11) is 2.06. The molecule has 0 amide bonds. The molecule has 1 aromatic carbocycles. The Bertz CT molecular complexity index is 539. The number of aromatic nitrogens is 2. The average molecular weight is 283 g/mol. The second-order valence-corrected chi connectivity index (χ2v) is 6.08. The molecule has 0 saturated carbocycles. The molecule has 0 spiro atoms. The van der Waals surface area contributed by atoms with Gasteiger partial charge in [0.05, 0.1) is 0 Å². The number of hydrogen-bond donors (Lipinski definition) is 0. The number of aryl methyl sites for hydroxylation is 2. The predicted molar refractivity (Wildman–Crippen MR) is 86.4 cm³/mol. The van der Waals surface area contributed by atoms with Gasteiger partial charge in [0.25, 0.3) is 0 Å². The Morgan fingerprint density at radius 3 is 2.52 bits per heavy atom. The van der Waals surface area contributed by atoms with Crippen LogP contribution in [-0.2, 0) is 13.5 Å². The molecule has 0 radical (unpaired) electrons. The first-order valence-corrected chi connectivity index (χ1v) is 8.07. The van der Waals surface area contributed by atoms with Crippen LogP contribution in [0.25, 0.3) is 0 Å². The fourth-order valence-corrected chi connectivity index (χ4v) is 3.39. The summed E-state index contributed by atoms with van der Waals surface area (Å²) < 4.78 is 2.04. The molecule has 0 atom stereocenters. The van der Waals surface area contributed by atoms with Crippen LogP contribution >= 0.6 is 0 Å². The van der Waals surface area contributed by atoms with Crippen LogP contribution in [0, 0.1) is 0 Å². The van der Waals surface area contributed by atoms with Crippen molar-refractivity contribution in [2.24, 2.45) is 7.05 Å². The van der Waals surface area contributed by atoms with E-state index < -0.39 is 0 Å². The zero-order valence-corrected chi connectivity index (χ0v) is 12.9. The van der Waals surface area contributed by atoms with Gasteiger partial charge in [-0.2, -0.15) is 5.10 Å². The van der Waals surface area contributed by atoms with Crippen molar-refractivity contribution in [1.82, 2.24) is 14.7 Å². The summed E-state index contributed by atoms with van der Waals surface area (Å²) in [6.45, 7) is 3.68. The molecule has 0 aliphatic carbocycles. The van der Waals surface area contributed by atoms with E-state index >= 15 is 0 Å². The van der Waals surface area contributed by atoms with Crippen molar-refractivity contribution in [3.8, 4) is 0 Å². The first kappa shape index (κ1) is 14.3. The van der Waals surface area contributed by atoms with Gasteiger partial charge in [-0.1, -0.05) is 30.3 Å². The summed E-state index contributed by atoms with van der Waals surface area (Å²) >= 11 is 0. The highest BCUT2D eigenvalue weighted by molar-refractivity contribution is 5.14. The lowest BCUT2D eigenvalue weighted by Crippen LogP contribution is -2.34. The van der Waals surface area contributed by atoms with Gasteiger partial charge in [-0.3, -0.25) is 4.68 Å². The van der Waals surface area contributed by atoms with Crippen LogP contribution in [0.15, 0.2) is 42.6 Å². The summed E-state index contributed by atoms with van der Waals surface area (Å²) in [4.78, 5) is 2.62. The molecule has 3 nitrogen and oxygen atoms in total. The molecular formula is C18H25N3. The molecule has 1 saturated heterocycles. The van der Waals surface area contributed by atoms with Gasteiger partial charge in [0.15, 0.2) is 0 Å². The fourth-order valence-electron chi connectivity index (χ4n) is 3.39. The van der Waals surface area contributed by atoms with Gasteiger partial charge in [0.1, 0.15) is 0 Å². The number of hydrogen-bond acceptors (Lipinski definition) is 2. The number of piperidine rings is 1. The minimum absolute atomic E-state index is 0.697. The van der Waals surface area contributed by atoms with E-state index in [2.05, 4.69) is 53.4 Å². The Kier molecular flexibility index (Phi) is 4.71.